The van der Waals surface area contributed by atoms with Crippen molar-refractivity contribution in [1.29, 1.82) is 0 Å². The highest BCUT2D eigenvalue weighted by atomic mass is 16.5. The van der Waals surface area contributed by atoms with Crippen molar-refractivity contribution in [2.45, 2.75) is 6.42 Å². The number of carbonyl (C=O) groups is 1. The molecule has 0 fully saturated rings. The number of nitrogens with zero attached hydrogens (tertiary/aromatic N) is 1. The zero-order valence-electron chi connectivity index (χ0n) is 12.4. The molecule has 5 nitrogen and oxygen atoms in total. The average Bonchev–Trinajstić information content (AvgIpc) is 2.59. The molecule has 2 N–H and O–H groups in total. The Hall–Kier alpha value is -2.24. The minimum atomic E-state index is -0.146. The molecule has 1 aromatic carbocycles. The number of hydrogen-bond acceptors (Lipinski definition) is 4. The summed E-state index contributed by atoms with van der Waals surface area (Å²) in [6.45, 7) is 1.39. The number of ether oxygens (including phenoxy) is 1. The van der Waals surface area contributed by atoms with Crippen LogP contribution < -0.4 is 5.32 Å². The molecule has 116 valence electrons. The van der Waals surface area contributed by atoms with Gasteiger partial charge in [-0.25, -0.2) is 0 Å². The highest BCUT2D eigenvalue weighted by molar-refractivity contribution is 5.95. The van der Waals surface area contributed by atoms with E-state index in [1.807, 2.05) is 36.4 Å². The van der Waals surface area contributed by atoms with Crippen molar-refractivity contribution in [1.82, 2.24) is 10.3 Å². The molecule has 0 bridgehead atoms. The van der Waals surface area contributed by atoms with Gasteiger partial charge in [-0.05, 0) is 18.1 Å². The lowest BCUT2D eigenvalue weighted by Gasteiger charge is -2.07. The molecule has 0 spiro atoms. The van der Waals surface area contributed by atoms with Gasteiger partial charge in [-0.3, -0.25) is 9.78 Å². The van der Waals surface area contributed by atoms with Crippen molar-refractivity contribution in [3.05, 3.63) is 54.4 Å². The van der Waals surface area contributed by atoms with Gasteiger partial charge < -0.3 is 15.2 Å². The minimum Gasteiger partial charge on any atom is -0.394 e. The van der Waals surface area contributed by atoms with Gasteiger partial charge in [-0.2, -0.15) is 0 Å². The normalized spacial score (nSPS) is 10.4. The Balaban J connectivity index is 1.88. The van der Waals surface area contributed by atoms with Crippen molar-refractivity contribution in [3.8, 4) is 11.1 Å². The van der Waals surface area contributed by atoms with E-state index in [0.29, 0.717) is 31.7 Å². The van der Waals surface area contributed by atoms with Crippen LogP contribution in [0.5, 0.6) is 0 Å². The van der Waals surface area contributed by atoms with Gasteiger partial charge in [0.05, 0.1) is 18.8 Å². The predicted molar refractivity (Wildman–Crippen MR) is 84.5 cm³/mol. The Morgan fingerprint density at radius 2 is 1.95 bits per heavy atom. The third-order valence-corrected chi connectivity index (χ3v) is 3.09. The largest absolute Gasteiger partial charge is 0.394 e. The van der Waals surface area contributed by atoms with Gasteiger partial charge in [0, 0.05) is 31.1 Å². The molecule has 0 aliphatic heterocycles. The van der Waals surface area contributed by atoms with Gasteiger partial charge in [0.2, 0.25) is 0 Å². The maximum atomic E-state index is 12.1. The molecule has 5 heteroatoms. The van der Waals surface area contributed by atoms with Crippen LogP contribution >= 0.6 is 0 Å². The monoisotopic (exact) mass is 300 g/mol. The Morgan fingerprint density at radius 3 is 2.73 bits per heavy atom. The number of amides is 1. The van der Waals surface area contributed by atoms with Crippen molar-refractivity contribution in [2.75, 3.05) is 26.4 Å². The molecule has 1 aromatic heterocycles. The zero-order chi connectivity index (χ0) is 15.6. The average molecular weight is 300 g/mol. The second kappa shape index (κ2) is 8.92. The predicted octanol–water partition coefficient (Wildman–Crippen LogP) is 1.88. The van der Waals surface area contributed by atoms with E-state index < -0.39 is 0 Å². The molecule has 0 saturated heterocycles. The molecule has 2 rings (SSSR count). The number of pyridine rings is 1. The summed E-state index contributed by atoms with van der Waals surface area (Å²) in [7, 11) is 0. The maximum absolute atomic E-state index is 12.1. The van der Waals surface area contributed by atoms with Crippen LogP contribution in [0.25, 0.3) is 11.1 Å². The van der Waals surface area contributed by atoms with Gasteiger partial charge in [0.1, 0.15) is 0 Å². The van der Waals surface area contributed by atoms with E-state index in [1.165, 1.54) is 0 Å². The van der Waals surface area contributed by atoms with Crippen LogP contribution in [0.15, 0.2) is 48.8 Å². The summed E-state index contributed by atoms with van der Waals surface area (Å²) in [4.78, 5) is 16.2. The molecule has 0 aliphatic carbocycles. The molecule has 1 amide bonds. The fourth-order valence-corrected chi connectivity index (χ4v) is 2.00. The summed E-state index contributed by atoms with van der Waals surface area (Å²) in [5, 5.41) is 11.4. The van der Waals surface area contributed by atoms with Crippen LogP contribution in [-0.2, 0) is 4.74 Å². The standard InChI is InChI=1S/C17H20N2O3/c20-8-10-22-9-4-7-19-17(21)16-11-15(12-18-13-16)14-5-2-1-3-6-14/h1-3,5-6,11-13,20H,4,7-10H2,(H,19,21). The highest BCUT2D eigenvalue weighted by Crippen LogP contribution is 2.18. The van der Waals surface area contributed by atoms with Gasteiger partial charge >= 0.3 is 0 Å². The molecule has 1 heterocycles. The number of aliphatic hydroxyl groups excluding tert-OH is 1. The molecule has 22 heavy (non-hydrogen) atoms. The molecule has 0 atom stereocenters. The second-order valence-corrected chi connectivity index (χ2v) is 4.77. The van der Waals surface area contributed by atoms with Crippen LogP contribution in [0.3, 0.4) is 0 Å². The lowest BCUT2D eigenvalue weighted by atomic mass is 10.1. The maximum Gasteiger partial charge on any atom is 0.252 e. The van der Waals surface area contributed by atoms with Crippen molar-refractivity contribution >= 4 is 5.91 Å². The van der Waals surface area contributed by atoms with E-state index in [0.717, 1.165) is 11.1 Å². The van der Waals surface area contributed by atoms with Gasteiger partial charge in [-0.1, -0.05) is 30.3 Å². The summed E-state index contributed by atoms with van der Waals surface area (Å²) in [5.41, 5.74) is 2.49. The molecular formula is C17H20N2O3. The highest BCUT2D eigenvalue weighted by Gasteiger charge is 2.07. The van der Waals surface area contributed by atoms with E-state index in [2.05, 4.69) is 10.3 Å². The Morgan fingerprint density at radius 1 is 1.14 bits per heavy atom. The number of aromatic nitrogens is 1. The Bertz CT molecular complexity index is 587. The number of hydrogen-bond donors (Lipinski definition) is 2. The minimum absolute atomic E-state index is 0.0182. The van der Waals surface area contributed by atoms with Crippen molar-refractivity contribution < 1.29 is 14.6 Å². The second-order valence-electron chi connectivity index (χ2n) is 4.77. The van der Waals surface area contributed by atoms with Gasteiger partial charge in [-0.15, -0.1) is 0 Å². The fraction of sp³-hybridized carbons (Fsp3) is 0.294. The summed E-state index contributed by atoms with van der Waals surface area (Å²) < 4.78 is 5.13. The number of aliphatic hydroxyl groups is 1. The van der Waals surface area contributed by atoms with Gasteiger partial charge in [0.25, 0.3) is 5.91 Å². The summed E-state index contributed by atoms with van der Waals surface area (Å²) >= 11 is 0. The first kappa shape index (κ1) is 16.1. The SMILES string of the molecule is O=C(NCCCOCCO)c1cncc(-c2ccccc2)c1. The smallest absolute Gasteiger partial charge is 0.252 e. The quantitative estimate of drug-likeness (QED) is 0.730. The zero-order valence-corrected chi connectivity index (χ0v) is 12.4. The van der Waals surface area contributed by atoms with Crippen molar-refractivity contribution in [3.63, 3.8) is 0 Å². The van der Waals surface area contributed by atoms with E-state index in [1.54, 1.807) is 12.4 Å². The van der Waals surface area contributed by atoms with E-state index >= 15 is 0 Å². The molecule has 0 aliphatic rings. The number of carbonyl (C=O) groups excluding carboxylic acids is 1. The van der Waals surface area contributed by atoms with Gasteiger partial charge in [0.15, 0.2) is 0 Å². The molecular weight excluding hydrogens is 280 g/mol. The topological polar surface area (TPSA) is 71.5 Å². The van der Waals surface area contributed by atoms with Crippen LogP contribution in [0.1, 0.15) is 16.8 Å². The third-order valence-electron chi connectivity index (χ3n) is 3.09. The third kappa shape index (κ3) is 4.95. The first-order chi connectivity index (χ1) is 10.8. The van der Waals surface area contributed by atoms with E-state index in [4.69, 9.17) is 9.84 Å². The molecule has 0 saturated carbocycles. The Labute approximate surface area is 130 Å². The molecule has 0 unspecified atom stereocenters. The summed E-state index contributed by atoms with van der Waals surface area (Å²) in [5.74, 6) is -0.146. The van der Waals surface area contributed by atoms with Crippen molar-refractivity contribution in [2.24, 2.45) is 0 Å². The molecule has 0 radical (unpaired) electrons. The van der Waals surface area contributed by atoms with Crippen LogP contribution in [0, 0.1) is 0 Å². The van der Waals surface area contributed by atoms with Crippen LogP contribution in [0.4, 0.5) is 0 Å². The molecule has 2 aromatic rings. The van der Waals surface area contributed by atoms with Crippen LogP contribution in [-0.4, -0.2) is 42.4 Å². The summed E-state index contributed by atoms with van der Waals surface area (Å²) in [6, 6.07) is 11.7. The van der Waals surface area contributed by atoms with E-state index in [-0.39, 0.29) is 12.5 Å². The number of nitrogens with one attached hydrogen (secondary N) is 1. The lowest BCUT2D eigenvalue weighted by molar-refractivity contribution is 0.0867. The lowest BCUT2D eigenvalue weighted by Crippen LogP contribution is -2.25. The Kier molecular flexibility index (Phi) is 6.54. The summed E-state index contributed by atoms with van der Waals surface area (Å²) in [6.07, 6.45) is 4.01. The fourth-order valence-electron chi connectivity index (χ4n) is 2.00. The number of rotatable bonds is 8. The van der Waals surface area contributed by atoms with E-state index in [9.17, 15) is 4.79 Å². The first-order valence-electron chi connectivity index (χ1n) is 7.28. The van der Waals surface area contributed by atoms with Crippen LogP contribution in [0.2, 0.25) is 0 Å². The number of benzene rings is 1. The first-order valence-corrected chi connectivity index (χ1v) is 7.28.